The zero-order valence-corrected chi connectivity index (χ0v) is 12.1. The van der Waals surface area contributed by atoms with E-state index < -0.39 is 11.5 Å². The van der Waals surface area contributed by atoms with Crippen molar-refractivity contribution in [1.82, 2.24) is 4.98 Å². The summed E-state index contributed by atoms with van der Waals surface area (Å²) in [4.78, 5) is 26.6. The predicted octanol–water partition coefficient (Wildman–Crippen LogP) is 2.10. The van der Waals surface area contributed by atoms with E-state index in [9.17, 15) is 9.59 Å². The van der Waals surface area contributed by atoms with Crippen LogP contribution in [0.1, 0.15) is 22.5 Å². The number of hydrogen-bond donors (Lipinski definition) is 2. The minimum absolute atomic E-state index is 0.0673. The lowest BCUT2D eigenvalue weighted by Crippen LogP contribution is -2.23. The van der Waals surface area contributed by atoms with Crippen LogP contribution in [-0.4, -0.2) is 24.1 Å². The number of nitrogens with one attached hydrogen (secondary N) is 2. The molecule has 1 aromatic heterocycles. The first-order chi connectivity index (χ1) is 10.6. The van der Waals surface area contributed by atoms with E-state index in [4.69, 9.17) is 9.47 Å². The fourth-order valence-corrected chi connectivity index (χ4v) is 2.19. The SMILES string of the molecule is Cc1ccc(C(=O)Nc2ccc3c(c2)OCCCO3)c(=O)[nH]1. The summed E-state index contributed by atoms with van der Waals surface area (Å²) in [5.41, 5.74) is 0.913. The third-order valence-electron chi connectivity index (χ3n) is 3.31. The Balaban J connectivity index is 1.82. The third-order valence-corrected chi connectivity index (χ3v) is 3.31. The maximum Gasteiger partial charge on any atom is 0.261 e. The Kier molecular flexibility index (Phi) is 3.82. The highest BCUT2D eigenvalue weighted by atomic mass is 16.5. The van der Waals surface area contributed by atoms with E-state index in [0.717, 1.165) is 6.42 Å². The molecule has 0 radical (unpaired) electrons. The van der Waals surface area contributed by atoms with Gasteiger partial charge in [0.15, 0.2) is 11.5 Å². The van der Waals surface area contributed by atoms with Crippen molar-refractivity contribution in [1.29, 1.82) is 0 Å². The van der Waals surface area contributed by atoms with Gasteiger partial charge in [-0.3, -0.25) is 9.59 Å². The normalized spacial score (nSPS) is 13.3. The molecule has 0 saturated carbocycles. The molecule has 2 aromatic rings. The first-order valence-electron chi connectivity index (χ1n) is 7.04. The smallest absolute Gasteiger partial charge is 0.261 e. The molecule has 0 unspecified atom stereocenters. The Hall–Kier alpha value is -2.76. The van der Waals surface area contributed by atoms with Crippen LogP contribution in [0.2, 0.25) is 0 Å². The average Bonchev–Trinajstić information content (AvgIpc) is 2.71. The zero-order valence-electron chi connectivity index (χ0n) is 12.1. The number of fused-ring (bicyclic) bond motifs is 1. The molecule has 1 aromatic carbocycles. The van der Waals surface area contributed by atoms with E-state index in [-0.39, 0.29) is 5.56 Å². The molecule has 2 N–H and O–H groups in total. The lowest BCUT2D eigenvalue weighted by molar-refractivity contribution is 0.102. The molecule has 6 nitrogen and oxygen atoms in total. The van der Waals surface area contributed by atoms with Crippen LogP contribution in [0.4, 0.5) is 5.69 Å². The van der Waals surface area contributed by atoms with Gasteiger partial charge in [0.25, 0.3) is 11.5 Å². The number of H-pyrrole nitrogens is 1. The Morgan fingerprint density at radius 1 is 1.14 bits per heavy atom. The molecule has 3 rings (SSSR count). The van der Waals surface area contributed by atoms with Gasteiger partial charge in [0.1, 0.15) is 5.56 Å². The molecular weight excluding hydrogens is 284 g/mol. The fourth-order valence-electron chi connectivity index (χ4n) is 2.19. The first kappa shape index (κ1) is 14.2. The van der Waals surface area contributed by atoms with Crippen LogP contribution in [0.25, 0.3) is 0 Å². The second-order valence-corrected chi connectivity index (χ2v) is 5.05. The molecule has 1 aliphatic heterocycles. The van der Waals surface area contributed by atoms with E-state index in [1.807, 2.05) is 0 Å². The number of carbonyl (C=O) groups excluding carboxylic acids is 1. The summed E-state index contributed by atoms with van der Waals surface area (Å²) >= 11 is 0. The number of aromatic nitrogens is 1. The largest absolute Gasteiger partial charge is 0.490 e. The summed E-state index contributed by atoms with van der Waals surface area (Å²) in [6.45, 7) is 2.94. The number of rotatable bonds is 2. The van der Waals surface area contributed by atoms with Gasteiger partial charge in [-0.15, -0.1) is 0 Å². The van der Waals surface area contributed by atoms with E-state index in [0.29, 0.717) is 36.1 Å². The number of benzene rings is 1. The van der Waals surface area contributed by atoms with E-state index in [1.54, 1.807) is 31.2 Å². The molecule has 0 aliphatic carbocycles. The standard InChI is InChI=1S/C16H16N2O4/c1-10-3-5-12(15(19)17-10)16(20)18-11-4-6-13-14(9-11)22-8-2-7-21-13/h3-6,9H,2,7-8H2,1H3,(H,17,19)(H,18,20). The van der Waals surface area contributed by atoms with Crippen LogP contribution < -0.4 is 20.3 Å². The van der Waals surface area contributed by atoms with Crippen molar-refractivity contribution in [2.75, 3.05) is 18.5 Å². The lowest BCUT2D eigenvalue weighted by Gasteiger charge is -2.10. The van der Waals surface area contributed by atoms with Crippen molar-refractivity contribution in [3.8, 4) is 11.5 Å². The van der Waals surface area contributed by atoms with Gasteiger partial charge in [0.05, 0.1) is 13.2 Å². The second-order valence-electron chi connectivity index (χ2n) is 5.05. The molecule has 0 bridgehead atoms. The number of carbonyl (C=O) groups is 1. The topological polar surface area (TPSA) is 80.4 Å². The molecule has 2 heterocycles. The van der Waals surface area contributed by atoms with Gasteiger partial charge in [0.2, 0.25) is 0 Å². The molecular formula is C16H16N2O4. The summed E-state index contributed by atoms with van der Waals surface area (Å²) in [6.07, 6.45) is 0.815. The maximum absolute atomic E-state index is 12.2. The van der Waals surface area contributed by atoms with Crippen molar-refractivity contribution in [3.05, 3.63) is 51.9 Å². The number of hydrogen-bond acceptors (Lipinski definition) is 4. The highest BCUT2D eigenvalue weighted by molar-refractivity contribution is 6.04. The van der Waals surface area contributed by atoms with Crippen LogP contribution in [0.15, 0.2) is 35.1 Å². The molecule has 0 fully saturated rings. The third kappa shape index (κ3) is 2.95. The van der Waals surface area contributed by atoms with Crippen LogP contribution in [0.3, 0.4) is 0 Å². The number of amides is 1. The van der Waals surface area contributed by atoms with Crippen molar-refractivity contribution in [2.24, 2.45) is 0 Å². The van der Waals surface area contributed by atoms with Crippen molar-refractivity contribution in [2.45, 2.75) is 13.3 Å². The van der Waals surface area contributed by atoms with Crippen LogP contribution in [-0.2, 0) is 0 Å². The highest BCUT2D eigenvalue weighted by Gasteiger charge is 2.14. The summed E-state index contributed by atoms with van der Waals surface area (Å²) in [5.74, 6) is 0.785. The molecule has 114 valence electrons. The molecule has 0 saturated heterocycles. The summed E-state index contributed by atoms with van der Waals surface area (Å²) < 4.78 is 11.1. The van der Waals surface area contributed by atoms with Crippen LogP contribution in [0.5, 0.6) is 11.5 Å². The Labute approximate surface area is 127 Å². The zero-order chi connectivity index (χ0) is 15.5. The van der Waals surface area contributed by atoms with Gasteiger partial charge >= 0.3 is 0 Å². The summed E-state index contributed by atoms with van der Waals surface area (Å²) in [6, 6.07) is 8.35. The van der Waals surface area contributed by atoms with Crippen molar-refractivity contribution in [3.63, 3.8) is 0 Å². The number of aryl methyl sites for hydroxylation is 1. The molecule has 6 heteroatoms. The Morgan fingerprint density at radius 3 is 2.68 bits per heavy atom. The number of ether oxygens (including phenoxy) is 2. The maximum atomic E-state index is 12.2. The van der Waals surface area contributed by atoms with Gasteiger partial charge in [0, 0.05) is 23.9 Å². The van der Waals surface area contributed by atoms with E-state index in [1.165, 1.54) is 6.07 Å². The number of anilines is 1. The van der Waals surface area contributed by atoms with Crippen molar-refractivity contribution >= 4 is 11.6 Å². The Bertz CT molecular complexity index is 767. The molecule has 22 heavy (non-hydrogen) atoms. The summed E-state index contributed by atoms with van der Waals surface area (Å²) in [7, 11) is 0. The molecule has 0 spiro atoms. The first-order valence-corrected chi connectivity index (χ1v) is 7.04. The van der Waals surface area contributed by atoms with E-state index >= 15 is 0 Å². The lowest BCUT2D eigenvalue weighted by atomic mass is 10.2. The van der Waals surface area contributed by atoms with Crippen molar-refractivity contribution < 1.29 is 14.3 Å². The van der Waals surface area contributed by atoms with Gasteiger partial charge < -0.3 is 19.8 Å². The van der Waals surface area contributed by atoms with E-state index in [2.05, 4.69) is 10.3 Å². The minimum Gasteiger partial charge on any atom is -0.490 e. The molecule has 0 atom stereocenters. The monoisotopic (exact) mass is 300 g/mol. The average molecular weight is 300 g/mol. The second kappa shape index (κ2) is 5.93. The number of aromatic amines is 1. The van der Waals surface area contributed by atoms with Gasteiger partial charge in [-0.25, -0.2) is 0 Å². The molecule has 1 aliphatic rings. The fraction of sp³-hybridized carbons (Fsp3) is 0.250. The minimum atomic E-state index is -0.462. The van der Waals surface area contributed by atoms with Crippen LogP contribution >= 0.6 is 0 Å². The van der Waals surface area contributed by atoms with Gasteiger partial charge in [-0.1, -0.05) is 0 Å². The van der Waals surface area contributed by atoms with Crippen LogP contribution in [0, 0.1) is 6.92 Å². The molecule has 1 amide bonds. The highest BCUT2D eigenvalue weighted by Crippen LogP contribution is 2.32. The predicted molar refractivity (Wildman–Crippen MR) is 81.8 cm³/mol. The number of pyridine rings is 1. The quantitative estimate of drug-likeness (QED) is 0.890. The van der Waals surface area contributed by atoms with Gasteiger partial charge in [-0.05, 0) is 31.2 Å². The Morgan fingerprint density at radius 2 is 1.91 bits per heavy atom. The summed E-state index contributed by atoms with van der Waals surface area (Å²) in [5, 5.41) is 2.69. The van der Waals surface area contributed by atoms with Gasteiger partial charge in [-0.2, -0.15) is 0 Å².